The minimum Gasteiger partial charge on any atom is -0.493 e. The number of ether oxygens (including phenoxy) is 1. The molecule has 0 fully saturated rings. The lowest BCUT2D eigenvalue weighted by atomic mass is 10.3. The lowest BCUT2D eigenvalue weighted by molar-refractivity contribution is 0.306. The molecular formula is C7H10N2O2. The van der Waals surface area contributed by atoms with Crippen molar-refractivity contribution in [3.63, 3.8) is 0 Å². The minimum atomic E-state index is 0.474. The van der Waals surface area contributed by atoms with E-state index < -0.39 is 0 Å². The van der Waals surface area contributed by atoms with Gasteiger partial charge in [-0.3, -0.25) is 0 Å². The third-order valence-corrected chi connectivity index (χ3v) is 1.31. The monoisotopic (exact) mass is 154 g/mol. The molecule has 0 heterocycles. The Bertz CT molecular complexity index is 250. The summed E-state index contributed by atoms with van der Waals surface area (Å²) in [6.45, 7) is 0. The topological polar surface area (TPSA) is 70.5 Å². The fourth-order valence-corrected chi connectivity index (χ4v) is 0.782. The van der Waals surface area contributed by atoms with Crippen molar-refractivity contribution < 1.29 is 9.57 Å². The van der Waals surface area contributed by atoms with E-state index in [-0.39, 0.29) is 0 Å². The Labute approximate surface area is 64.7 Å². The van der Waals surface area contributed by atoms with Crippen LogP contribution in [0.4, 0.5) is 5.69 Å². The highest BCUT2D eigenvalue weighted by Crippen LogP contribution is 2.27. The summed E-state index contributed by atoms with van der Waals surface area (Å²) in [4.78, 5) is 4.51. The Balaban J connectivity index is 3.06. The Morgan fingerprint density at radius 3 is 2.55 bits per heavy atom. The molecule has 60 valence electrons. The van der Waals surface area contributed by atoms with Crippen LogP contribution in [-0.4, -0.2) is 7.11 Å². The molecule has 4 N–H and O–H groups in total. The van der Waals surface area contributed by atoms with Crippen LogP contribution in [0.1, 0.15) is 0 Å². The first-order chi connectivity index (χ1) is 5.27. The second kappa shape index (κ2) is 3.12. The van der Waals surface area contributed by atoms with Gasteiger partial charge >= 0.3 is 0 Å². The SMILES string of the molecule is COc1cc(N)ccc1ON. The van der Waals surface area contributed by atoms with Gasteiger partial charge in [0.05, 0.1) is 7.11 Å². The molecule has 1 aromatic rings. The summed E-state index contributed by atoms with van der Waals surface area (Å²) in [6.07, 6.45) is 0. The van der Waals surface area contributed by atoms with E-state index in [0.717, 1.165) is 0 Å². The molecule has 0 aromatic heterocycles. The van der Waals surface area contributed by atoms with Crippen LogP contribution in [0.3, 0.4) is 0 Å². The molecule has 4 nitrogen and oxygen atoms in total. The minimum absolute atomic E-state index is 0.474. The van der Waals surface area contributed by atoms with Crippen LogP contribution in [0.15, 0.2) is 18.2 Å². The van der Waals surface area contributed by atoms with E-state index in [1.807, 2.05) is 0 Å². The van der Waals surface area contributed by atoms with Crippen LogP contribution in [0, 0.1) is 0 Å². The van der Waals surface area contributed by atoms with Gasteiger partial charge in [0.1, 0.15) is 0 Å². The zero-order chi connectivity index (χ0) is 8.27. The molecule has 0 aliphatic rings. The summed E-state index contributed by atoms with van der Waals surface area (Å²) in [5, 5.41) is 0. The van der Waals surface area contributed by atoms with Crippen molar-refractivity contribution in [3.05, 3.63) is 18.2 Å². The summed E-state index contributed by atoms with van der Waals surface area (Å²) < 4.78 is 4.93. The van der Waals surface area contributed by atoms with Crippen LogP contribution in [-0.2, 0) is 0 Å². The Hall–Kier alpha value is -1.42. The standard InChI is InChI=1S/C7H10N2O2/c1-10-7-4-5(8)2-3-6(7)11-9/h2-4H,8-9H2,1H3. The maximum Gasteiger partial charge on any atom is 0.188 e. The van der Waals surface area contributed by atoms with Crippen molar-refractivity contribution in [2.24, 2.45) is 5.90 Å². The van der Waals surface area contributed by atoms with E-state index in [1.165, 1.54) is 7.11 Å². The third-order valence-electron chi connectivity index (χ3n) is 1.31. The average molecular weight is 154 g/mol. The fraction of sp³-hybridized carbons (Fsp3) is 0.143. The molecule has 1 aromatic carbocycles. The van der Waals surface area contributed by atoms with Gasteiger partial charge in [-0.05, 0) is 12.1 Å². The summed E-state index contributed by atoms with van der Waals surface area (Å²) in [6, 6.07) is 4.97. The molecule has 0 saturated carbocycles. The number of rotatable bonds is 2. The van der Waals surface area contributed by atoms with Gasteiger partial charge in [-0.15, -0.1) is 0 Å². The maximum atomic E-state index is 5.48. The summed E-state index contributed by atoms with van der Waals surface area (Å²) in [5.74, 6) is 5.96. The molecule has 0 aliphatic carbocycles. The van der Waals surface area contributed by atoms with Gasteiger partial charge in [0, 0.05) is 11.8 Å². The molecule has 1 rings (SSSR count). The number of nitrogens with two attached hydrogens (primary N) is 2. The maximum absolute atomic E-state index is 5.48. The van der Waals surface area contributed by atoms with Crippen molar-refractivity contribution >= 4 is 5.69 Å². The number of benzene rings is 1. The van der Waals surface area contributed by atoms with Gasteiger partial charge in [0.15, 0.2) is 11.5 Å². The first-order valence-electron chi connectivity index (χ1n) is 3.08. The van der Waals surface area contributed by atoms with E-state index in [0.29, 0.717) is 17.2 Å². The smallest absolute Gasteiger partial charge is 0.188 e. The predicted molar refractivity (Wildman–Crippen MR) is 42.2 cm³/mol. The Morgan fingerprint density at radius 2 is 2.00 bits per heavy atom. The second-order valence-corrected chi connectivity index (χ2v) is 2.03. The summed E-state index contributed by atoms with van der Waals surface area (Å²) in [7, 11) is 1.53. The largest absolute Gasteiger partial charge is 0.493 e. The highest BCUT2D eigenvalue weighted by molar-refractivity contribution is 5.51. The number of hydrogen-bond donors (Lipinski definition) is 2. The molecule has 0 saturated heterocycles. The molecule has 4 heteroatoms. The van der Waals surface area contributed by atoms with Gasteiger partial charge < -0.3 is 15.3 Å². The van der Waals surface area contributed by atoms with Gasteiger partial charge in [-0.2, -0.15) is 5.90 Å². The zero-order valence-corrected chi connectivity index (χ0v) is 6.20. The van der Waals surface area contributed by atoms with E-state index in [1.54, 1.807) is 18.2 Å². The van der Waals surface area contributed by atoms with E-state index in [9.17, 15) is 0 Å². The van der Waals surface area contributed by atoms with Crippen LogP contribution in [0.2, 0.25) is 0 Å². The van der Waals surface area contributed by atoms with Gasteiger partial charge in [-0.1, -0.05) is 0 Å². The quantitative estimate of drug-likeness (QED) is 0.481. The van der Waals surface area contributed by atoms with E-state index >= 15 is 0 Å². The van der Waals surface area contributed by atoms with Gasteiger partial charge in [0.25, 0.3) is 0 Å². The van der Waals surface area contributed by atoms with Crippen molar-refractivity contribution in [2.75, 3.05) is 12.8 Å². The number of anilines is 1. The third kappa shape index (κ3) is 1.53. The number of methoxy groups -OCH3 is 1. The summed E-state index contributed by atoms with van der Waals surface area (Å²) >= 11 is 0. The molecule has 0 radical (unpaired) electrons. The fourth-order valence-electron chi connectivity index (χ4n) is 0.782. The zero-order valence-electron chi connectivity index (χ0n) is 6.20. The molecule has 0 amide bonds. The number of nitrogen functional groups attached to an aromatic ring is 1. The molecule has 0 bridgehead atoms. The normalized spacial score (nSPS) is 9.27. The van der Waals surface area contributed by atoms with E-state index in [4.69, 9.17) is 16.4 Å². The van der Waals surface area contributed by atoms with Crippen molar-refractivity contribution in [1.29, 1.82) is 0 Å². The second-order valence-electron chi connectivity index (χ2n) is 2.03. The van der Waals surface area contributed by atoms with Crippen molar-refractivity contribution in [2.45, 2.75) is 0 Å². The highest BCUT2D eigenvalue weighted by atomic mass is 16.6. The van der Waals surface area contributed by atoms with Gasteiger partial charge in [0.2, 0.25) is 0 Å². The van der Waals surface area contributed by atoms with Crippen LogP contribution < -0.4 is 21.2 Å². The Kier molecular flexibility index (Phi) is 2.18. The average Bonchev–Trinajstić information content (AvgIpc) is 2.04. The van der Waals surface area contributed by atoms with E-state index in [2.05, 4.69) is 4.84 Å². The molecule has 0 aliphatic heterocycles. The molecule has 11 heavy (non-hydrogen) atoms. The number of hydrogen-bond acceptors (Lipinski definition) is 4. The molecular weight excluding hydrogens is 144 g/mol. The lowest BCUT2D eigenvalue weighted by Gasteiger charge is -2.05. The highest BCUT2D eigenvalue weighted by Gasteiger charge is 2.01. The lowest BCUT2D eigenvalue weighted by Crippen LogP contribution is -2.03. The predicted octanol–water partition coefficient (Wildman–Crippen LogP) is 0.530. The Morgan fingerprint density at radius 1 is 1.27 bits per heavy atom. The first kappa shape index (κ1) is 7.68. The molecule has 0 unspecified atom stereocenters. The van der Waals surface area contributed by atoms with Crippen LogP contribution >= 0.6 is 0 Å². The first-order valence-corrected chi connectivity index (χ1v) is 3.08. The van der Waals surface area contributed by atoms with Crippen LogP contribution in [0.5, 0.6) is 11.5 Å². The van der Waals surface area contributed by atoms with Crippen molar-refractivity contribution in [1.82, 2.24) is 0 Å². The van der Waals surface area contributed by atoms with Gasteiger partial charge in [-0.25, -0.2) is 0 Å². The molecule has 0 spiro atoms. The summed E-state index contributed by atoms with van der Waals surface area (Å²) in [5.41, 5.74) is 6.09. The van der Waals surface area contributed by atoms with Crippen LogP contribution in [0.25, 0.3) is 0 Å². The van der Waals surface area contributed by atoms with Crippen molar-refractivity contribution in [3.8, 4) is 11.5 Å². The molecule has 0 atom stereocenters.